The van der Waals surface area contributed by atoms with E-state index in [1.165, 1.54) is 24.5 Å². The molecule has 0 bridgehead atoms. The van der Waals surface area contributed by atoms with Crippen LogP contribution in [0.2, 0.25) is 0 Å². The van der Waals surface area contributed by atoms with Crippen molar-refractivity contribution in [3.63, 3.8) is 0 Å². The Morgan fingerprint density at radius 2 is 1.79 bits per heavy atom. The smallest absolute Gasteiger partial charge is 0.319 e. The van der Waals surface area contributed by atoms with Gasteiger partial charge in [0.2, 0.25) is 5.95 Å². The number of amides is 2. The van der Waals surface area contributed by atoms with Crippen LogP contribution in [0, 0.1) is 17.0 Å². The summed E-state index contributed by atoms with van der Waals surface area (Å²) in [6.07, 6.45) is 7.78. The molecule has 0 saturated heterocycles. The molecule has 0 aliphatic heterocycles. The van der Waals surface area contributed by atoms with Gasteiger partial charge in [0.15, 0.2) is 0 Å². The normalized spacial score (nSPS) is 19.6. The molecular formula is C24H33N7O3. The summed E-state index contributed by atoms with van der Waals surface area (Å²) < 4.78 is 0. The van der Waals surface area contributed by atoms with Crippen LogP contribution >= 0.6 is 0 Å². The Morgan fingerprint density at radius 3 is 2.50 bits per heavy atom. The van der Waals surface area contributed by atoms with Gasteiger partial charge in [-0.3, -0.25) is 10.1 Å². The maximum absolute atomic E-state index is 12.5. The predicted octanol–water partition coefficient (Wildman–Crippen LogP) is 4.18. The minimum Gasteiger partial charge on any atom is -0.362 e. The third-order valence-electron chi connectivity index (χ3n) is 6.58. The van der Waals surface area contributed by atoms with Crippen molar-refractivity contribution in [1.29, 1.82) is 0 Å². The number of hydrogen-bond donors (Lipinski definition) is 3. The van der Waals surface area contributed by atoms with Crippen molar-refractivity contribution in [2.45, 2.75) is 70.4 Å². The number of aryl methyl sites for hydroxylation is 2. The van der Waals surface area contributed by atoms with Crippen molar-refractivity contribution in [3.05, 3.63) is 45.1 Å². The summed E-state index contributed by atoms with van der Waals surface area (Å²) in [6, 6.07) is 4.60. The van der Waals surface area contributed by atoms with E-state index in [0.29, 0.717) is 5.95 Å². The number of rotatable bonds is 6. The van der Waals surface area contributed by atoms with Crippen LogP contribution in [0.3, 0.4) is 0 Å². The number of carbonyl (C=O) groups excluding carboxylic acids is 1. The summed E-state index contributed by atoms with van der Waals surface area (Å²) in [7, 11) is 4.04. The molecule has 1 aromatic heterocycles. The van der Waals surface area contributed by atoms with Gasteiger partial charge in [0, 0.05) is 37.8 Å². The molecule has 4 rings (SSSR count). The molecule has 1 heterocycles. The summed E-state index contributed by atoms with van der Waals surface area (Å²) in [4.78, 5) is 34.9. The monoisotopic (exact) mass is 467 g/mol. The van der Waals surface area contributed by atoms with Crippen LogP contribution in [0.1, 0.15) is 55.3 Å². The molecule has 1 saturated carbocycles. The zero-order valence-corrected chi connectivity index (χ0v) is 20.1. The zero-order chi connectivity index (χ0) is 24.2. The van der Waals surface area contributed by atoms with E-state index < -0.39 is 11.0 Å². The molecule has 1 fully saturated rings. The van der Waals surface area contributed by atoms with Crippen LogP contribution in [-0.2, 0) is 12.8 Å². The molecule has 2 aromatic rings. The number of urea groups is 1. The van der Waals surface area contributed by atoms with Crippen LogP contribution in [0.5, 0.6) is 0 Å². The summed E-state index contributed by atoms with van der Waals surface area (Å²) in [6.45, 7) is 1.78. The quantitative estimate of drug-likeness (QED) is 0.430. The largest absolute Gasteiger partial charge is 0.362 e. The fourth-order valence-electron chi connectivity index (χ4n) is 4.82. The molecule has 2 amide bonds. The van der Waals surface area contributed by atoms with Crippen LogP contribution in [0.15, 0.2) is 18.2 Å². The van der Waals surface area contributed by atoms with Crippen LogP contribution in [-0.4, -0.2) is 47.1 Å². The SMILES string of the molecule is Cc1ccc(NC(=O)NC2CCC(Nc3nc4c(c(N(C)C)n3)CCCC4)CC2)c([N+](=O)[O-])c1. The Hall–Kier alpha value is -3.43. The molecule has 1 aromatic carbocycles. The summed E-state index contributed by atoms with van der Waals surface area (Å²) in [5.74, 6) is 1.69. The second-order valence-electron chi connectivity index (χ2n) is 9.47. The van der Waals surface area contributed by atoms with Gasteiger partial charge in [-0.15, -0.1) is 0 Å². The first kappa shape index (κ1) is 23.7. The van der Waals surface area contributed by atoms with E-state index in [0.717, 1.165) is 55.6 Å². The maximum atomic E-state index is 12.5. The number of carbonyl (C=O) groups is 1. The van der Waals surface area contributed by atoms with Crippen molar-refractivity contribution >= 4 is 29.2 Å². The number of nitrogens with one attached hydrogen (secondary N) is 3. The standard InChI is InChI=1S/C24H33N7O3/c1-15-8-13-20(21(14-15)31(33)34)28-24(32)26-17-11-9-16(10-12-17)25-23-27-19-7-5-4-6-18(19)22(29-23)30(2)3/h8,13-14,16-17H,4-7,9-12H2,1-3H3,(H,25,27,29)(H2,26,28,32). The average Bonchev–Trinajstić information content (AvgIpc) is 2.80. The number of nitrogens with zero attached hydrogens (tertiary/aromatic N) is 4. The fraction of sp³-hybridized carbons (Fsp3) is 0.542. The van der Waals surface area contributed by atoms with Crippen LogP contribution in [0.4, 0.5) is 27.9 Å². The first-order valence-corrected chi connectivity index (χ1v) is 12.0. The highest BCUT2D eigenvalue weighted by Crippen LogP contribution is 2.30. The van der Waals surface area contributed by atoms with Gasteiger partial charge in [-0.25, -0.2) is 9.78 Å². The number of anilines is 3. The third-order valence-corrected chi connectivity index (χ3v) is 6.58. The lowest BCUT2D eigenvalue weighted by molar-refractivity contribution is -0.384. The van der Waals surface area contributed by atoms with Crippen molar-refractivity contribution < 1.29 is 9.72 Å². The minimum absolute atomic E-state index is 0.0179. The molecule has 10 nitrogen and oxygen atoms in total. The number of nitro benzene ring substituents is 1. The molecule has 3 N–H and O–H groups in total. The summed E-state index contributed by atoms with van der Waals surface area (Å²) in [5, 5.41) is 20.4. The van der Waals surface area contributed by atoms with Crippen molar-refractivity contribution in [1.82, 2.24) is 15.3 Å². The van der Waals surface area contributed by atoms with Gasteiger partial charge in [-0.05, 0) is 69.9 Å². The van der Waals surface area contributed by atoms with E-state index >= 15 is 0 Å². The molecule has 0 atom stereocenters. The van der Waals surface area contributed by atoms with Crippen LogP contribution in [0.25, 0.3) is 0 Å². The highest BCUT2D eigenvalue weighted by Gasteiger charge is 2.25. The third kappa shape index (κ3) is 5.55. The first-order valence-electron chi connectivity index (χ1n) is 12.0. The highest BCUT2D eigenvalue weighted by molar-refractivity contribution is 5.92. The molecule has 2 aliphatic carbocycles. The summed E-state index contributed by atoms with van der Waals surface area (Å²) >= 11 is 0. The maximum Gasteiger partial charge on any atom is 0.319 e. The predicted molar refractivity (Wildman–Crippen MR) is 133 cm³/mol. The van der Waals surface area contributed by atoms with Gasteiger partial charge in [0.05, 0.1) is 10.6 Å². The Morgan fingerprint density at radius 1 is 1.09 bits per heavy atom. The Labute approximate surface area is 199 Å². The van der Waals surface area contributed by atoms with Gasteiger partial charge >= 0.3 is 6.03 Å². The van der Waals surface area contributed by atoms with E-state index in [1.54, 1.807) is 19.1 Å². The van der Waals surface area contributed by atoms with Gasteiger partial charge in [0.1, 0.15) is 11.5 Å². The number of nitro groups is 1. The zero-order valence-electron chi connectivity index (χ0n) is 20.1. The van der Waals surface area contributed by atoms with Gasteiger partial charge in [-0.1, -0.05) is 6.07 Å². The lowest BCUT2D eigenvalue weighted by atomic mass is 9.91. The Kier molecular flexibility index (Phi) is 7.14. The van der Waals surface area contributed by atoms with Gasteiger partial charge in [-0.2, -0.15) is 4.98 Å². The topological polar surface area (TPSA) is 125 Å². The highest BCUT2D eigenvalue weighted by atomic mass is 16.6. The molecule has 0 radical (unpaired) electrons. The second-order valence-corrected chi connectivity index (χ2v) is 9.47. The van der Waals surface area contributed by atoms with Crippen LogP contribution < -0.4 is 20.9 Å². The molecule has 0 unspecified atom stereocenters. The second kappa shape index (κ2) is 10.2. The molecule has 10 heteroatoms. The van der Waals surface area contributed by atoms with E-state index in [1.807, 2.05) is 14.1 Å². The lowest BCUT2D eigenvalue weighted by Gasteiger charge is -2.30. The molecule has 2 aliphatic rings. The molecule has 0 spiro atoms. The van der Waals surface area contributed by atoms with Gasteiger partial charge < -0.3 is 20.9 Å². The van der Waals surface area contributed by atoms with E-state index in [4.69, 9.17) is 9.97 Å². The van der Waals surface area contributed by atoms with Crippen molar-refractivity contribution in [2.75, 3.05) is 29.6 Å². The van der Waals surface area contributed by atoms with Crippen molar-refractivity contribution in [3.8, 4) is 0 Å². The Bertz CT molecular complexity index is 1060. The molecule has 34 heavy (non-hydrogen) atoms. The average molecular weight is 468 g/mol. The van der Waals surface area contributed by atoms with Crippen molar-refractivity contribution in [2.24, 2.45) is 0 Å². The lowest BCUT2D eigenvalue weighted by Crippen LogP contribution is -2.42. The molecular weight excluding hydrogens is 434 g/mol. The Balaban J connectivity index is 1.32. The first-order chi connectivity index (χ1) is 16.3. The number of benzene rings is 1. The van der Waals surface area contributed by atoms with Gasteiger partial charge in [0.25, 0.3) is 5.69 Å². The number of fused-ring (bicyclic) bond motifs is 1. The minimum atomic E-state index is -0.482. The summed E-state index contributed by atoms with van der Waals surface area (Å²) in [5.41, 5.74) is 3.29. The number of aromatic nitrogens is 2. The van der Waals surface area contributed by atoms with E-state index in [9.17, 15) is 14.9 Å². The van der Waals surface area contributed by atoms with E-state index in [2.05, 4.69) is 20.9 Å². The fourth-order valence-corrected chi connectivity index (χ4v) is 4.82. The number of hydrogen-bond acceptors (Lipinski definition) is 7. The molecule has 182 valence electrons. The van der Waals surface area contributed by atoms with E-state index in [-0.39, 0.29) is 23.5 Å².